The van der Waals surface area contributed by atoms with Gasteiger partial charge in [0.15, 0.2) is 0 Å². The van der Waals surface area contributed by atoms with E-state index in [4.69, 9.17) is 4.74 Å². The van der Waals surface area contributed by atoms with Gasteiger partial charge in [0.1, 0.15) is 0 Å². The Kier molecular flexibility index (Phi) is 4.65. The molecule has 3 aromatic rings. The van der Waals surface area contributed by atoms with E-state index in [-0.39, 0.29) is 12.2 Å². The van der Waals surface area contributed by atoms with E-state index in [0.29, 0.717) is 29.4 Å². The first-order valence-electron chi connectivity index (χ1n) is 7.69. The molecule has 2 aromatic heterocycles. The number of aryl methyl sites for hydroxylation is 2. The number of benzene rings is 1. The molecule has 0 saturated carbocycles. The van der Waals surface area contributed by atoms with Crippen molar-refractivity contribution in [2.45, 2.75) is 19.9 Å². The van der Waals surface area contributed by atoms with E-state index in [1.54, 1.807) is 24.3 Å². The summed E-state index contributed by atoms with van der Waals surface area (Å²) in [5, 5.41) is 0.586. The predicted molar refractivity (Wildman–Crippen MR) is 89.9 cm³/mol. The molecule has 0 fully saturated rings. The molecule has 0 unspecified atom stereocenters. The Bertz CT molecular complexity index is 917. The van der Waals surface area contributed by atoms with Crippen molar-refractivity contribution in [2.75, 3.05) is 6.61 Å². The summed E-state index contributed by atoms with van der Waals surface area (Å²) < 4.78 is 6.73. The fourth-order valence-corrected chi connectivity index (χ4v) is 2.34. The molecule has 0 aliphatic heterocycles. The van der Waals surface area contributed by atoms with Crippen LogP contribution in [0.25, 0.3) is 10.9 Å². The van der Waals surface area contributed by atoms with Crippen LogP contribution in [0.3, 0.4) is 0 Å². The molecule has 3 rings (SSSR count). The van der Waals surface area contributed by atoms with E-state index in [1.165, 1.54) is 17.1 Å². The summed E-state index contributed by atoms with van der Waals surface area (Å²) in [4.78, 5) is 32.5. The zero-order valence-corrected chi connectivity index (χ0v) is 13.3. The van der Waals surface area contributed by atoms with Crippen LogP contribution < -0.4 is 5.56 Å². The van der Waals surface area contributed by atoms with Crippen molar-refractivity contribution >= 4 is 16.9 Å². The van der Waals surface area contributed by atoms with E-state index >= 15 is 0 Å². The number of fused-ring (bicyclic) bond motifs is 1. The minimum atomic E-state index is -0.411. The molecular formula is C18H17N3O3. The molecule has 2 heterocycles. The third kappa shape index (κ3) is 3.48. The maximum absolute atomic E-state index is 12.3. The summed E-state index contributed by atoms with van der Waals surface area (Å²) in [6.45, 7) is 2.52. The van der Waals surface area contributed by atoms with Gasteiger partial charge in [0.05, 0.1) is 29.4 Å². The number of para-hydroxylation sites is 1. The second-order valence-corrected chi connectivity index (χ2v) is 5.44. The van der Waals surface area contributed by atoms with Gasteiger partial charge in [0, 0.05) is 18.4 Å². The van der Waals surface area contributed by atoms with E-state index in [0.717, 1.165) is 5.69 Å². The fraction of sp³-hybridized carbons (Fsp3) is 0.222. The summed E-state index contributed by atoms with van der Waals surface area (Å²) in [6.07, 6.45) is 3.55. The highest BCUT2D eigenvalue weighted by atomic mass is 16.5. The minimum Gasteiger partial charge on any atom is -0.462 e. The van der Waals surface area contributed by atoms with Crippen molar-refractivity contribution in [1.82, 2.24) is 14.5 Å². The number of ether oxygens (including phenoxy) is 1. The van der Waals surface area contributed by atoms with Gasteiger partial charge in [0.25, 0.3) is 5.56 Å². The van der Waals surface area contributed by atoms with Crippen LogP contribution in [0.15, 0.2) is 53.7 Å². The second kappa shape index (κ2) is 7.04. The topological polar surface area (TPSA) is 74.1 Å². The van der Waals surface area contributed by atoms with Gasteiger partial charge in [-0.25, -0.2) is 9.78 Å². The number of rotatable bonds is 5. The molecule has 0 aliphatic carbocycles. The quantitative estimate of drug-likeness (QED) is 0.532. The Balaban J connectivity index is 1.57. The standard InChI is InChI=1S/C18H17N3O3/c1-13-7-8-14(11-19-13)18(23)24-10-4-9-21-12-20-16-6-3-2-5-15(16)17(21)22/h2-3,5-8,11-12H,4,9-10H2,1H3. The molecule has 0 bridgehead atoms. The molecular weight excluding hydrogens is 306 g/mol. The van der Waals surface area contributed by atoms with E-state index in [1.807, 2.05) is 19.1 Å². The number of nitrogens with zero attached hydrogens (tertiary/aromatic N) is 3. The summed E-state index contributed by atoms with van der Waals surface area (Å²) in [5.41, 5.74) is 1.85. The van der Waals surface area contributed by atoms with Crippen molar-refractivity contribution < 1.29 is 9.53 Å². The lowest BCUT2D eigenvalue weighted by Crippen LogP contribution is -2.21. The highest BCUT2D eigenvalue weighted by Gasteiger charge is 2.07. The Morgan fingerprint density at radius 2 is 2.00 bits per heavy atom. The first kappa shape index (κ1) is 15.9. The number of carbonyl (C=O) groups is 1. The number of carbonyl (C=O) groups excluding carboxylic acids is 1. The lowest BCUT2D eigenvalue weighted by atomic mass is 10.2. The summed E-state index contributed by atoms with van der Waals surface area (Å²) >= 11 is 0. The lowest BCUT2D eigenvalue weighted by Gasteiger charge is -2.07. The van der Waals surface area contributed by atoms with Gasteiger partial charge in [-0.3, -0.25) is 14.3 Å². The number of esters is 1. The molecule has 0 atom stereocenters. The van der Waals surface area contributed by atoms with Crippen molar-refractivity contribution in [3.05, 3.63) is 70.5 Å². The highest BCUT2D eigenvalue weighted by molar-refractivity contribution is 5.88. The summed E-state index contributed by atoms with van der Waals surface area (Å²) in [5.74, 6) is -0.411. The van der Waals surface area contributed by atoms with Gasteiger partial charge in [-0.05, 0) is 37.6 Å². The van der Waals surface area contributed by atoms with Crippen LogP contribution in [0.4, 0.5) is 0 Å². The molecule has 0 amide bonds. The lowest BCUT2D eigenvalue weighted by molar-refractivity contribution is 0.0495. The van der Waals surface area contributed by atoms with Gasteiger partial charge in [-0.15, -0.1) is 0 Å². The molecule has 0 aliphatic rings. The molecule has 1 aromatic carbocycles. The summed E-state index contributed by atoms with van der Waals surface area (Å²) in [6, 6.07) is 10.7. The molecule has 0 radical (unpaired) electrons. The molecule has 24 heavy (non-hydrogen) atoms. The maximum Gasteiger partial charge on any atom is 0.339 e. The maximum atomic E-state index is 12.3. The van der Waals surface area contributed by atoms with Crippen molar-refractivity contribution in [3.8, 4) is 0 Å². The Hall–Kier alpha value is -3.02. The first-order valence-corrected chi connectivity index (χ1v) is 7.69. The Morgan fingerprint density at radius 1 is 1.17 bits per heavy atom. The van der Waals surface area contributed by atoms with Crippen molar-refractivity contribution in [2.24, 2.45) is 0 Å². The van der Waals surface area contributed by atoms with E-state index in [2.05, 4.69) is 9.97 Å². The average Bonchev–Trinajstić information content (AvgIpc) is 2.61. The number of hydrogen-bond acceptors (Lipinski definition) is 5. The van der Waals surface area contributed by atoms with Gasteiger partial charge >= 0.3 is 5.97 Å². The minimum absolute atomic E-state index is 0.0883. The highest BCUT2D eigenvalue weighted by Crippen LogP contribution is 2.05. The van der Waals surface area contributed by atoms with Crippen LogP contribution in [0, 0.1) is 6.92 Å². The van der Waals surface area contributed by atoms with Crippen molar-refractivity contribution in [1.29, 1.82) is 0 Å². The van der Waals surface area contributed by atoms with E-state index < -0.39 is 5.97 Å². The fourth-order valence-electron chi connectivity index (χ4n) is 2.34. The van der Waals surface area contributed by atoms with E-state index in [9.17, 15) is 9.59 Å². The largest absolute Gasteiger partial charge is 0.462 e. The van der Waals surface area contributed by atoms with Gasteiger partial charge in [-0.1, -0.05) is 12.1 Å². The van der Waals surface area contributed by atoms with Gasteiger partial charge in [0.2, 0.25) is 0 Å². The van der Waals surface area contributed by atoms with Crippen molar-refractivity contribution in [3.63, 3.8) is 0 Å². The zero-order chi connectivity index (χ0) is 16.9. The number of aromatic nitrogens is 3. The van der Waals surface area contributed by atoms with Gasteiger partial charge in [-0.2, -0.15) is 0 Å². The molecule has 0 spiro atoms. The average molecular weight is 323 g/mol. The van der Waals surface area contributed by atoms with Crippen LogP contribution >= 0.6 is 0 Å². The number of pyridine rings is 1. The summed E-state index contributed by atoms with van der Waals surface area (Å²) in [7, 11) is 0. The van der Waals surface area contributed by atoms with Crippen LogP contribution in [-0.4, -0.2) is 27.1 Å². The Morgan fingerprint density at radius 3 is 2.79 bits per heavy atom. The number of hydrogen-bond donors (Lipinski definition) is 0. The molecule has 6 heteroatoms. The molecule has 0 saturated heterocycles. The first-order chi connectivity index (χ1) is 11.6. The Labute approximate surface area is 138 Å². The van der Waals surface area contributed by atoms with Crippen LogP contribution in [-0.2, 0) is 11.3 Å². The third-order valence-electron chi connectivity index (χ3n) is 3.66. The monoisotopic (exact) mass is 323 g/mol. The molecule has 6 nitrogen and oxygen atoms in total. The third-order valence-corrected chi connectivity index (χ3v) is 3.66. The normalized spacial score (nSPS) is 10.7. The second-order valence-electron chi connectivity index (χ2n) is 5.44. The predicted octanol–water partition coefficient (Wildman–Crippen LogP) is 2.35. The zero-order valence-electron chi connectivity index (χ0n) is 13.3. The van der Waals surface area contributed by atoms with Crippen LogP contribution in [0.2, 0.25) is 0 Å². The van der Waals surface area contributed by atoms with Crippen LogP contribution in [0.5, 0.6) is 0 Å². The van der Waals surface area contributed by atoms with Gasteiger partial charge < -0.3 is 4.74 Å². The molecule has 0 N–H and O–H groups in total. The SMILES string of the molecule is Cc1ccc(C(=O)OCCCn2cnc3ccccc3c2=O)cn1. The smallest absolute Gasteiger partial charge is 0.339 e. The molecule has 122 valence electrons. The van der Waals surface area contributed by atoms with Crippen LogP contribution in [0.1, 0.15) is 22.5 Å².